The van der Waals surface area contributed by atoms with E-state index in [4.69, 9.17) is 9.47 Å². The predicted molar refractivity (Wildman–Crippen MR) is 138 cm³/mol. The summed E-state index contributed by atoms with van der Waals surface area (Å²) in [6.45, 7) is 12.8. The first-order chi connectivity index (χ1) is 16.2. The van der Waals surface area contributed by atoms with Gasteiger partial charge in [-0.1, -0.05) is 76.9 Å². The minimum Gasteiger partial charge on any atom is -0.459 e. The third kappa shape index (κ3) is 8.96. The van der Waals surface area contributed by atoms with Gasteiger partial charge in [0.2, 0.25) is 0 Å². The molecule has 0 radical (unpaired) electrons. The van der Waals surface area contributed by atoms with Gasteiger partial charge in [0.05, 0.1) is 11.1 Å². The fraction of sp³-hybridized carbons (Fsp3) is 0.533. The molecule has 4 unspecified atom stereocenters. The highest BCUT2D eigenvalue weighted by molar-refractivity contribution is 5.89. The number of benzene rings is 2. The maximum Gasteiger partial charge on any atom is 0.338 e. The van der Waals surface area contributed by atoms with Gasteiger partial charge in [-0.25, -0.2) is 9.59 Å². The molecular weight excluding hydrogens is 424 g/mol. The summed E-state index contributed by atoms with van der Waals surface area (Å²) < 4.78 is 12.0. The van der Waals surface area contributed by atoms with Gasteiger partial charge < -0.3 is 9.47 Å². The maximum atomic E-state index is 12.8. The molecule has 186 valence electrons. The second-order valence-corrected chi connectivity index (χ2v) is 10.2. The van der Waals surface area contributed by atoms with Crippen LogP contribution in [0.2, 0.25) is 0 Å². The van der Waals surface area contributed by atoms with E-state index < -0.39 is 0 Å². The lowest BCUT2D eigenvalue weighted by Gasteiger charge is -2.36. The summed E-state index contributed by atoms with van der Waals surface area (Å²) in [5.74, 6) is 0.637. The Morgan fingerprint density at radius 3 is 1.18 bits per heavy atom. The van der Waals surface area contributed by atoms with Crippen molar-refractivity contribution >= 4 is 11.9 Å². The van der Waals surface area contributed by atoms with Gasteiger partial charge in [-0.2, -0.15) is 0 Å². The van der Waals surface area contributed by atoms with E-state index in [1.807, 2.05) is 50.2 Å². The summed E-state index contributed by atoms with van der Waals surface area (Å²) in [6.07, 6.45) is 3.29. The Morgan fingerprint density at radius 2 is 0.882 bits per heavy atom. The second kappa shape index (κ2) is 13.9. The smallest absolute Gasteiger partial charge is 0.338 e. The molecule has 0 heterocycles. The molecule has 0 saturated carbocycles. The lowest BCUT2D eigenvalue weighted by molar-refractivity contribution is -0.0299. The van der Waals surface area contributed by atoms with Gasteiger partial charge in [0.15, 0.2) is 0 Å². The summed E-state index contributed by atoms with van der Waals surface area (Å²) >= 11 is 0. The Hall–Kier alpha value is -2.62. The average Bonchev–Trinajstić information content (AvgIpc) is 2.81. The van der Waals surface area contributed by atoms with Crippen LogP contribution in [-0.4, -0.2) is 24.1 Å². The van der Waals surface area contributed by atoms with Crippen LogP contribution in [0.1, 0.15) is 87.9 Å². The monoisotopic (exact) mass is 466 g/mol. The molecule has 2 rings (SSSR count). The van der Waals surface area contributed by atoms with Crippen molar-refractivity contribution in [3.8, 4) is 0 Å². The minimum absolute atomic E-state index is 0.0902. The van der Waals surface area contributed by atoms with Crippen molar-refractivity contribution < 1.29 is 19.1 Å². The van der Waals surface area contributed by atoms with Gasteiger partial charge in [-0.15, -0.1) is 0 Å². The highest BCUT2D eigenvalue weighted by Gasteiger charge is 2.35. The van der Waals surface area contributed by atoms with Crippen LogP contribution in [-0.2, 0) is 9.47 Å². The summed E-state index contributed by atoms with van der Waals surface area (Å²) in [4.78, 5) is 25.6. The number of hydrogen-bond acceptors (Lipinski definition) is 4. The van der Waals surface area contributed by atoms with Crippen LogP contribution in [0.25, 0.3) is 0 Å². The normalized spacial score (nSPS) is 14.9. The molecule has 0 N–H and O–H groups in total. The van der Waals surface area contributed by atoms with Crippen LogP contribution in [0.5, 0.6) is 0 Å². The van der Waals surface area contributed by atoms with Crippen molar-refractivity contribution in [1.29, 1.82) is 0 Å². The number of carbonyl (C=O) groups excluding carboxylic acids is 2. The zero-order chi connectivity index (χ0) is 25.1. The molecule has 0 aromatic heterocycles. The molecule has 0 fully saturated rings. The molecule has 0 bridgehead atoms. The predicted octanol–water partition coefficient (Wildman–Crippen LogP) is 7.58. The first-order valence-corrected chi connectivity index (χ1v) is 12.7. The molecule has 4 atom stereocenters. The molecule has 0 aliphatic carbocycles. The van der Waals surface area contributed by atoms with Crippen LogP contribution >= 0.6 is 0 Å². The van der Waals surface area contributed by atoms with Crippen molar-refractivity contribution in [2.75, 3.05) is 0 Å². The number of carbonyl (C=O) groups is 2. The highest BCUT2D eigenvalue weighted by Crippen LogP contribution is 2.34. The van der Waals surface area contributed by atoms with Crippen LogP contribution in [0.3, 0.4) is 0 Å². The SMILES string of the molecule is CC(C)CCC(C(C)OC(=O)c1ccccc1)C(CCC(C)C)C(C)OC(=O)c1ccccc1. The standard InChI is InChI=1S/C30H42O4/c1-21(2)17-19-27(23(5)33-29(31)25-13-9-7-10-14-25)28(20-18-22(3)4)24(6)34-30(32)26-15-11-8-12-16-26/h7-16,21-24,27-28H,17-20H2,1-6H3. The Kier molecular flexibility index (Phi) is 11.3. The fourth-order valence-corrected chi connectivity index (χ4v) is 4.44. The summed E-state index contributed by atoms with van der Waals surface area (Å²) in [6, 6.07) is 18.2. The van der Waals surface area contributed by atoms with E-state index in [0.717, 1.165) is 25.7 Å². The van der Waals surface area contributed by atoms with E-state index in [1.54, 1.807) is 24.3 Å². The van der Waals surface area contributed by atoms with Gasteiger partial charge in [0.1, 0.15) is 12.2 Å². The largest absolute Gasteiger partial charge is 0.459 e. The Morgan fingerprint density at radius 1 is 0.559 bits per heavy atom. The molecule has 4 heteroatoms. The summed E-state index contributed by atoms with van der Waals surface area (Å²) in [5.41, 5.74) is 1.11. The van der Waals surface area contributed by atoms with Gasteiger partial charge >= 0.3 is 11.9 Å². The lowest BCUT2D eigenvalue weighted by Crippen LogP contribution is -2.38. The average molecular weight is 467 g/mol. The van der Waals surface area contributed by atoms with Crippen molar-refractivity contribution in [2.45, 2.75) is 79.4 Å². The second-order valence-electron chi connectivity index (χ2n) is 10.2. The number of ether oxygens (including phenoxy) is 2. The molecule has 34 heavy (non-hydrogen) atoms. The van der Waals surface area contributed by atoms with Crippen LogP contribution in [0.15, 0.2) is 60.7 Å². The Balaban J connectivity index is 2.24. The third-order valence-corrected chi connectivity index (χ3v) is 6.52. The molecule has 0 amide bonds. The molecule has 2 aromatic rings. The van der Waals surface area contributed by atoms with E-state index in [9.17, 15) is 9.59 Å². The molecule has 2 aromatic carbocycles. The topological polar surface area (TPSA) is 52.6 Å². The van der Waals surface area contributed by atoms with E-state index in [0.29, 0.717) is 23.0 Å². The Labute approximate surface area is 206 Å². The number of hydrogen-bond donors (Lipinski definition) is 0. The Bertz CT molecular complexity index is 786. The summed E-state index contributed by atoms with van der Waals surface area (Å²) in [5, 5.41) is 0. The molecule has 0 saturated heterocycles. The zero-order valence-electron chi connectivity index (χ0n) is 21.7. The minimum atomic E-state index is -0.306. The van der Waals surface area contributed by atoms with Gasteiger partial charge in [0.25, 0.3) is 0 Å². The van der Waals surface area contributed by atoms with E-state index in [2.05, 4.69) is 27.7 Å². The van der Waals surface area contributed by atoms with Crippen molar-refractivity contribution in [1.82, 2.24) is 0 Å². The first kappa shape index (κ1) is 27.6. The molecular formula is C30H42O4. The number of rotatable bonds is 13. The number of esters is 2. The lowest BCUT2D eigenvalue weighted by atomic mass is 9.77. The zero-order valence-corrected chi connectivity index (χ0v) is 21.7. The molecule has 0 aliphatic heterocycles. The molecule has 0 spiro atoms. The van der Waals surface area contributed by atoms with Gasteiger partial charge in [-0.3, -0.25) is 0 Å². The fourth-order valence-electron chi connectivity index (χ4n) is 4.44. The first-order valence-electron chi connectivity index (χ1n) is 12.7. The maximum absolute atomic E-state index is 12.8. The van der Waals surface area contributed by atoms with Crippen molar-refractivity contribution in [2.24, 2.45) is 23.7 Å². The summed E-state index contributed by atoms with van der Waals surface area (Å²) in [7, 11) is 0. The third-order valence-electron chi connectivity index (χ3n) is 6.52. The van der Waals surface area contributed by atoms with Crippen molar-refractivity contribution in [3.05, 3.63) is 71.8 Å². The quantitative estimate of drug-likeness (QED) is 0.285. The molecule has 4 nitrogen and oxygen atoms in total. The van der Waals surface area contributed by atoms with E-state index >= 15 is 0 Å². The highest BCUT2D eigenvalue weighted by atomic mass is 16.5. The molecule has 0 aliphatic rings. The van der Waals surface area contributed by atoms with Crippen LogP contribution in [0.4, 0.5) is 0 Å². The van der Waals surface area contributed by atoms with Crippen LogP contribution < -0.4 is 0 Å². The van der Waals surface area contributed by atoms with E-state index in [1.165, 1.54) is 0 Å². The van der Waals surface area contributed by atoms with Gasteiger partial charge in [-0.05, 0) is 62.8 Å². The van der Waals surface area contributed by atoms with Crippen molar-refractivity contribution in [3.63, 3.8) is 0 Å². The van der Waals surface area contributed by atoms with Crippen LogP contribution in [0, 0.1) is 23.7 Å². The van der Waals surface area contributed by atoms with Gasteiger partial charge in [0, 0.05) is 11.8 Å². The van der Waals surface area contributed by atoms with E-state index in [-0.39, 0.29) is 36.0 Å².